The van der Waals surface area contributed by atoms with E-state index in [0.29, 0.717) is 11.1 Å². The summed E-state index contributed by atoms with van der Waals surface area (Å²) >= 11 is 3.30. The molecule has 0 atom stereocenters. The number of ether oxygens (including phenoxy) is 1. The van der Waals surface area contributed by atoms with Crippen LogP contribution in [-0.2, 0) is 16.1 Å². The standard InChI is InChI=1S/C11H10BrNO4/c1-2-16-10(14)6-13-8-5-7(12)3-4-9(8)17-11(13)15/h3-5H,2,6H2,1H3. The number of halogens is 1. The van der Waals surface area contributed by atoms with Crippen molar-refractivity contribution in [2.24, 2.45) is 0 Å². The third-order valence-electron chi connectivity index (χ3n) is 2.22. The van der Waals surface area contributed by atoms with Gasteiger partial charge in [0.15, 0.2) is 5.58 Å². The first kappa shape index (κ1) is 11.9. The van der Waals surface area contributed by atoms with E-state index in [2.05, 4.69) is 15.9 Å². The molecule has 1 heterocycles. The molecular weight excluding hydrogens is 290 g/mol. The minimum Gasteiger partial charge on any atom is -0.465 e. The van der Waals surface area contributed by atoms with Crippen molar-refractivity contribution < 1.29 is 13.9 Å². The molecule has 0 aliphatic rings. The fourth-order valence-electron chi connectivity index (χ4n) is 1.52. The first-order chi connectivity index (χ1) is 8.11. The smallest absolute Gasteiger partial charge is 0.420 e. The Morgan fingerprint density at radius 2 is 2.29 bits per heavy atom. The molecule has 17 heavy (non-hydrogen) atoms. The van der Waals surface area contributed by atoms with Gasteiger partial charge in [-0.05, 0) is 25.1 Å². The van der Waals surface area contributed by atoms with Crippen LogP contribution in [0.1, 0.15) is 6.92 Å². The SMILES string of the molecule is CCOC(=O)Cn1c(=O)oc2ccc(Br)cc21. The zero-order valence-corrected chi connectivity index (χ0v) is 10.7. The Morgan fingerprint density at radius 3 is 3.00 bits per heavy atom. The second kappa shape index (κ2) is 4.75. The van der Waals surface area contributed by atoms with Crippen LogP contribution in [0.25, 0.3) is 11.1 Å². The van der Waals surface area contributed by atoms with Gasteiger partial charge in [-0.1, -0.05) is 15.9 Å². The monoisotopic (exact) mass is 299 g/mol. The third-order valence-corrected chi connectivity index (χ3v) is 2.72. The molecule has 0 aliphatic carbocycles. The van der Waals surface area contributed by atoms with E-state index in [-0.39, 0.29) is 13.2 Å². The first-order valence-electron chi connectivity index (χ1n) is 5.06. The topological polar surface area (TPSA) is 61.4 Å². The molecular formula is C11H10BrNO4. The minimum atomic E-state index is -0.564. The van der Waals surface area contributed by atoms with E-state index in [0.717, 1.165) is 4.47 Å². The average Bonchev–Trinajstić information content (AvgIpc) is 2.56. The van der Waals surface area contributed by atoms with Gasteiger partial charge in [-0.2, -0.15) is 0 Å². The van der Waals surface area contributed by atoms with Gasteiger partial charge < -0.3 is 9.15 Å². The molecule has 0 spiro atoms. The lowest BCUT2D eigenvalue weighted by Crippen LogP contribution is -2.21. The molecule has 0 N–H and O–H groups in total. The molecule has 2 aromatic rings. The Balaban J connectivity index is 2.45. The molecule has 2 rings (SSSR count). The number of rotatable bonds is 3. The van der Waals surface area contributed by atoms with E-state index < -0.39 is 11.7 Å². The fourth-order valence-corrected chi connectivity index (χ4v) is 1.87. The fraction of sp³-hybridized carbons (Fsp3) is 0.273. The largest absolute Gasteiger partial charge is 0.465 e. The number of benzene rings is 1. The van der Waals surface area contributed by atoms with E-state index >= 15 is 0 Å². The van der Waals surface area contributed by atoms with Crippen LogP contribution in [0.2, 0.25) is 0 Å². The van der Waals surface area contributed by atoms with Gasteiger partial charge in [0.1, 0.15) is 6.54 Å². The Morgan fingerprint density at radius 1 is 1.53 bits per heavy atom. The van der Waals surface area contributed by atoms with E-state index in [4.69, 9.17) is 9.15 Å². The van der Waals surface area contributed by atoms with Crippen LogP contribution in [-0.4, -0.2) is 17.1 Å². The number of hydrogen-bond acceptors (Lipinski definition) is 4. The molecule has 90 valence electrons. The van der Waals surface area contributed by atoms with Crippen LogP contribution in [0.4, 0.5) is 0 Å². The molecule has 0 unspecified atom stereocenters. The molecule has 0 radical (unpaired) electrons. The van der Waals surface area contributed by atoms with Crippen molar-refractivity contribution in [3.05, 3.63) is 33.2 Å². The quantitative estimate of drug-likeness (QED) is 0.813. The predicted molar refractivity (Wildman–Crippen MR) is 64.8 cm³/mol. The van der Waals surface area contributed by atoms with Crippen molar-refractivity contribution in [1.82, 2.24) is 4.57 Å². The predicted octanol–water partition coefficient (Wildman–Crippen LogP) is 1.92. The summed E-state index contributed by atoms with van der Waals surface area (Å²) in [7, 11) is 0. The number of hydrogen-bond donors (Lipinski definition) is 0. The Hall–Kier alpha value is -1.56. The van der Waals surface area contributed by atoms with Gasteiger partial charge >= 0.3 is 11.7 Å². The van der Waals surface area contributed by atoms with Gasteiger partial charge in [-0.15, -0.1) is 0 Å². The van der Waals surface area contributed by atoms with E-state index in [1.54, 1.807) is 25.1 Å². The van der Waals surface area contributed by atoms with E-state index in [1.807, 2.05) is 0 Å². The zero-order chi connectivity index (χ0) is 12.4. The summed E-state index contributed by atoms with van der Waals surface area (Å²) in [5, 5.41) is 0. The van der Waals surface area contributed by atoms with Crippen molar-refractivity contribution in [3.63, 3.8) is 0 Å². The molecule has 1 aromatic heterocycles. The Kier molecular flexibility index (Phi) is 3.33. The minimum absolute atomic E-state index is 0.143. The Labute approximate surface area is 105 Å². The molecule has 5 nitrogen and oxygen atoms in total. The summed E-state index contributed by atoms with van der Waals surface area (Å²) in [6.45, 7) is 1.86. The van der Waals surface area contributed by atoms with Crippen molar-refractivity contribution >= 4 is 33.0 Å². The third kappa shape index (κ3) is 2.41. The summed E-state index contributed by atoms with van der Waals surface area (Å²) < 4.78 is 11.9. The first-order valence-corrected chi connectivity index (χ1v) is 5.85. The second-order valence-electron chi connectivity index (χ2n) is 3.37. The summed E-state index contributed by atoms with van der Waals surface area (Å²) in [5.74, 6) is -1.02. The zero-order valence-electron chi connectivity index (χ0n) is 9.10. The highest BCUT2D eigenvalue weighted by molar-refractivity contribution is 9.10. The number of esters is 1. The second-order valence-corrected chi connectivity index (χ2v) is 4.29. The number of oxazole rings is 1. The van der Waals surface area contributed by atoms with Crippen LogP contribution < -0.4 is 5.76 Å². The molecule has 0 saturated carbocycles. The molecule has 0 bridgehead atoms. The lowest BCUT2D eigenvalue weighted by Gasteiger charge is -2.02. The van der Waals surface area contributed by atoms with Gasteiger partial charge in [0.05, 0.1) is 12.1 Å². The van der Waals surface area contributed by atoms with Crippen molar-refractivity contribution in [2.75, 3.05) is 6.61 Å². The van der Waals surface area contributed by atoms with Crippen molar-refractivity contribution in [2.45, 2.75) is 13.5 Å². The number of carbonyl (C=O) groups is 1. The van der Waals surface area contributed by atoms with Gasteiger partial charge in [0, 0.05) is 4.47 Å². The van der Waals surface area contributed by atoms with Crippen LogP contribution >= 0.6 is 15.9 Å². The van der Waals surface area contributed by atoms with Gasteiger partial charge in [0.25, 0.3) is 0 Å². The number of carbonyl (C=O) groups excluding carboxylic acids is 1. The number of nitrogens with zero attached hydrogens (tertiary/aromatic N) is 1. The lowest BCUT2D eigenvalue weighted by molar-refractivity contribution is -0.143. The van der Waals surface area contributed by atoms with Crippen LogP contribution in [0.15, 0.2) is 31.9 Å². The highest BCUT2D eigenvalue weighted by atomic mass is 79.9. The lowest BCUT2D eigenvalue weighted by atomic mass is 10.3. The molecule has 0 aliphatic heterocycles. The van der Waals surface area contributed by atoms with Crippen LogP contribution in [0, 0.1) is 0 Å². The molecule has 0 amide bonds. The molecule has 1 aromatic carbocycles. The maximum atomic E-state index is 11.6. The summed E-state index contributed by atoms with van der Waals surface area (Å²) in [4.78, 5) is 22.9. The molecule has 0 fully saturated rings. The molecule has 0 saturated heterocycles. The Bertz CT molecular complexity index is 613. The average molecular weight is 300 g/mol. The summed E-state index contributed by atoms with van der Waals surface area (Å²) in [6.07, 6.45) is 0. The van der Waals surface area contributed by atoms with Gasteiger partial charge in [-0.25, -0.2) is 4.79 Å². The van der Waals surface area contributed by atoms with Crippen molar-refractivity contribution in [1.29, 1.82) is 0 Å². The molecule has 6 heteroatoms. The normalized spacial score (nSPS) is 10.7. The van der Waals surface area contributed by atoms with Crippen molar-refractivity contribution in [3.8, 4) is 0 Å². The number of aromatic nitrogens is 1. The number of fused-ring (bicyclic) bond motifs is 1. The van der Waals surface area contributed by atoms with Gasteiger partial charge in [-0.3, -0.25) is 9.36 Å². The summed E-state index contributed by atoms with van der Waals surface area (Å²) in [6, 6.07) is 5.15. The maximum Gasteiger partial charge on any atom is 0.420 e. The highest BCUT2D eigenvalue weighted by Crippen LogP contribution is 2.18. The van der Waals surface area contributed by atoms with Crippen LogP contribution in [0.3, 0.4) is 0 Å². The highest BCUT2D eigenvalue weighted by Gasteiger charge is 2.13. The van der Waals surface area contributed by atoms with Crippen LogP contribution in [0.5, 0.6) is 0 Å². The summed E-state index contributed by atoms with van der Waals surface area (Å²) in [5.41, 5.74) is 1.01. The van der Waals surface area contributed by atoms with E-state index in [9.17, 15) is 9.59 Å². The maximum absolute atomic E-state index is 11.6. The van der Waals surface area contributed by atoms with Gasteiger partial charge in [0.2, 0.25) is 0 Å². The van der Waals surface area contributed by atoms with E-state index in [1.165, 1.54) is 4.57 Å².